The minimum atomic E-state index is -0.794. The summed E-state index contributed by atoms with van der Waals surface area (Å²) in [6.45, 7) is 1.91. The molecule has 0 fully saturated rings. The number of halogens is 1. The van der Waals surface area contributed by atoms with Gasteiger partial charge in [-0.05, 0) is 36.8 Å². The van der Waals surface area contributed by atoms with Gasteiger partial charge in [-0.25, -0.2) is 0 Å². The predicted molar refractivity (Wildman–Crippen MR) is 114 cm³/mol. The molecule has 1 atom stereocenters. The molecule has 2 aromatic rings. The SMILES string of the molecule is COc1ccc(CNC(=O)C(C)O/N=C/c2cc(Cl)c(OC)c(OC)c2)cc1OC. The number of hydrogen-bond acceptors (Lipinski definition) is 7. The molecule has 0 radical (unpaired) electrons. The lowest BCUT2D eigenvalue weighted by Gasteiger charge is -2.12. The number of benzene rings is 2. The van der Waals surface area contributed by atoms with E-state index in [2.05, 4.69) is 10.5 Å². The van der Waals surface area contributed by atoms with Gasteiger partial charge in [-0.15, -0.1) is 0 Å². The molecule has 1 N–H and O–H groups in total. The Morgan fingerprint density at radius 3 is 2.37 bits per heavy atom. The Balaban J connectivity index is 1.92. The number of nitrogens with zero attached hydrogens (tertiary/aromatic N) is 1. The number of hydrogen-bond donors (Lipinski definition) is 1. The summed E-state index contributed by atoms with van der Waals surface area (Å²) >= 11 is 6.16. The Labute approximate surface area is 180 Å². The van der Waals surface area contributed by atoms with Crippen molar-refractivity contribution in [1.82, 2.24) is 5.32 Å². The van der Waals surface area contributed by atoms with Crippen molar-refractivity contribution >= 4 is 23.7 Å². The fourth-order valence-corrected chi connectivity index (χ4v) is 2.86. The van der Waals surface area contributed by atoms with Crippen LogP contribution in [0, 0.1) is 0 Å². The van der Waals surface area contributed by atoms with Crippen molar-refractivity contribution in [3.8, 4) is 23.0 Å². The summed E-state index contributed by atoms with van der Waals surface area (Å²) < 4.78 is 20.9. The van der Waals surface area contributed by atoms with Crippen LogP contribution >= 0.6 is 11.6 Å². The molecular formula is C21H25ClN2O6. The molecular weight excluding hydrogens is 412 g/mol. The summed E-state index contributed by atoms with van der Waals surface area (Å²) in [5.74, 6) is 1.79. The van der Waals surface area contributed by atoms with E-state index in [1.807, 2.05) is 6.07 Å². The minimum Gasteiger partial charge on any atom is -0.493 e. The van der Waals surface area contributed by atoms with Crippen LogP contribution in [-0.2, 0) is 16.2 Å². The van der Waals surface area contributed by atoms with Crippen LogP contribution in [0.4, 0.5) is 0 Å². The van der Waals surface area contributed by atoms with Crippen LogP contribution in [0.2, 0.25) is 5.02 Å². The summed E-state index contributed by atoms with van der Waals surface area (Å²) in [6, 6.07) is 8.76. The average Bonchev–Trinajstić information content (AvgIpc) is 2.76. The molecule has 0 saturated carbocycles. The Morgan fingerprint density at radius 2 is 1.73 bits per heavy atom. The van der Waals surface area contributed by atoms with Crippen molar-refractivity contribution in [3.63, 3.8) is 0 Å². The Kier molecular flexibility index (Phi) is 8.61. The molecule has 2 aromatic carbocycles. The van der Waals surface area contributed by atoms with Crippen LogP contribution in [-0.4, -0.2) is 46.7 Å². The molecule has 0 saturated heterocycles. The third kappa shape index (κ3) is 5.93. The van der Waals surface area contributed by atoms with Gasteiger partial charge in [0.05, 0.1) is 39.7 Å². The van der Waals surface area contributed by atoms with Gasteiger partial charge in [0.15, 0.2) is 23.0 Å². The summed E-state index contributed by atoms with van der Waals surface area (Å²) in [6.07, 6.45) is 0.642. The standard InChI is InChI=1S/C21H25ClN2O6/c1-13(21(25)23-11-14-6-7-17(26-2)18(9-14)27-3)30-24-12-15-8-16(22)20(29-5)19(10-15)28-4/h6-10,12-13H,11H2,1-5H3,(H,23,25)/b24-12+. The molecule has 30 heavy (non-hydrogen) atoms. The van der Waals surface area contributed by atoms with Gasteiger partial charge in [0.25, 0.3) is 5.91 Å². The predicted octanol–water partition coefficient (Wildman–Crippen LogP) is 3.43. The molecule has 1 amide bonds. The van der Waals surface area contributed by atoms with Gasteiger partial charge in [-0.3, -0.25) is 4.79 Å². The zero-order chi connectivity index (χ0) is 22.1. The normalized spacial score (nSPS) is 11.7. The minimum absolute atomic E-state index is 0.307. The van der Waals surface area contributed by atoms with E-state index in [-0.39, 0.29) is 5.91 Å². The molecule has 9 heteroatoms. The first-order chi connectivity index (χ1) is 14.4. The van der Waals surface area contributed by atoms with E-state index in [1.165, 1.54) is 20.4 Å². The van der Waals surface area contributed by atoms with E-state index in [0.717, 1.165) is 5.56 Å². The van der Waals surface area contributed by atoms with E-state index >= 15 is 0 Å². The van der Waals surface area contributed by atoms with Crippen LogP contribution < -0.4 is 24.3 Å². The fraction of sp³-hybridized carbons (Fsp3) is 0.333. The Bertz CT molecular complexity index is 903. The molecule has 162 valence electrons. The molecule has 1 unspecified atom stereocenters. The van der Waals surface area contributed by atoms with Crippen molar-refractivity contribution in [3.05, 3.63) is 46.5 Å². The Morgan fingerprint density at radius 1 is 1.03 bits per heavy atom. The van der Waals surface area contributed by atoms with Gasteiger partial charge in [-0.1, -0.05) is 22.8 Å². The van der Waals surface area contributed by atoms with E-state index < -0.39 is 6.10 Å². The molecule has 0 spiro atoms. The number of amides is 1. The number of carbonyl (C=O) groups is 1. The quantitative estimate of drug-likeness (QED) is 0.453. The topological polar surface area (TPSA) is 87.6 Å². The van der Waals surface area contributed by atoms with E-state index in [0.29, 0.717) is 40.1 Å². The first-order valence-corrected chi connectivity index (χ1v) is 9.40. The lowest BCUT2D eigenvalue weighted by molar-refractivity contribution is -0.131. The second-order valence-electron chi connectivity index (χ2n) is 6.13. The van der Waals surface area contributed by atoms with Crippen LogP contribution in [0.1, 0.15) is 18.1 Å². The number of methoxy groups -OCH3 is 4. The summed E-state index contributed by atoms with van der Waals surface area (Å²) in [5, 5.41) is 7.02. The van der Waals surface area contributed by atoms with Crippen LogP contribution in [0.5, 0.6) is 23.0 Å². The van der Waals surface area contributed by atoms with E-state index in [9.17, 15) is 4.79 Å². The van der Waals surface area contributed by atoms with Gasteiger partial charge in [-0.2, -0.15) is 0 Å². The highest BCUT2D eigenvalue weighted by molar-refractivity contribution is 6.32. The summed E-state index contributed by atoms with van der Waals surface area (Å²) in [7, 11) is 6.13. The molecule has 8 nitrogen and oxygen atoms in total. The van der Waals surface area contributed by atoms with E-state index in [1.54, 1.807) is 45.4 Å². The smallest absolute Gasteiger partial charge is 0.263 e. The maximum Gasteiger partial charge on any atom is 0.263 e. The maximum absolute atomic E-state index is 12.3. The van der Waals surface area contributed by atoms with Gasteiger partial charge < -0.3 is 29.1 Å². The molecule has 0 aliphatic rings. The molecule has 0 heterocycles. The number of ether oxygens (including phenoxy) is 4. The lowest BCUT2D eigenvalue weighted by Crippen LogP contribution is -2.33. The summed E-state index contributed by atoms with van der Waals surface area (Å²) in [5.41, 5.74) is 1.49. The first-order valence-electron chi connectivity index (χ1n) is 9.02. The first kappa shape index (κ1) is 23.2. The second kappa shape index (κ2) is 11.2. The Hall–Kier alpha value is -3.13. The van der Waals surface area contributed by atoms with Crippen molar-refractivity contribution in [2.24, 2.45) is 5.16 Å². The van der Waals surface area contributed by atoms with Crippen LogP contribution in [0.3, 0.4) is 0 Å². The average molecular weight is 437 g/mol. The van der Waals surface area contributed by atoms with Crippen LogP contribution in [0.15, 0.2) is 35.5 Å². The fourth-order valence-electron chi connectivity index (χ4n) is 2.57. The zero-order valence-corrected chi connectivity index (χ0v) is 18.3. The zero-order valence-electron chi connectivity index (χ0n) is 17.5. The molecule has 0 aliphatic heterocycles. The van der Waals surface area contributed by atoms with Crippen molar-refractivity contribution in [2.45, 2.75) is 19.6 Å². The third-order valence-electron chi connectivity index (χ3n) is 4.16. The maximum atomic E-state index is 12.3. The highest BCUT2D eigenvalue weighted by Crippen LogP contribution is 2.35. The molecule has 0 aliphatic carbocycles. The monoisotopic (exact) mass is 436 g/mol. The van der Waals surface area contributed by atoms with E-state index in [4.69, 9.17) is 35.4 Å². The highest BCUT2D eigenvalue weighted by Gasteiger charge is 2.15. The largest absolute Gasteiger partial charge is 0.493 e. The number of nitrogens with one attached hydrogen (secondary N) is 1. The van der Waals surface area contributed by atoms with Crippen LogP contribution in [0.25, 0.3) is 0 Å². The number of carbonyl (C=O) groups excluding carboxylic acids is 1. The lowest BCUT2D eigenvalue weighted by atomic mass is 10.2. The highest BCUT2D eigenvalue weighted by atomic mass is 35.5. The molecule has 0 bridgehead atoms. The number of rotatable bonds is 10. The van der Waals surface area contributed by atoms with Gasteiger partial charge in [0, 0.05) is 12.1 Å². The van der Waals surface area contributed by atoms with Gasteiger partial charge in [0.1, 0.15) is 0 Å². The van der Waals surface area contributed by atoms with Gasteiger partial charge >= 0.3 is 0 Å². The molecule has 2 rings (SSSR count). The van der Waals surface area contributed by atoms with Crippen molar-refractivity contribution in [1.29, 1.82) is 0 Å². The molecule has 0 aromatic heterocycles. The number of oxime groups is 1. The van der Waals surface area contributed by atoms with Crippen molar-refractivity contribution < 1.29 is 28.6 Å². The van der Waals surface area contributed by atoms with Gasteiger partial charge in [0.2, 0.25) is 6.10 Å². The summed E-state index contributed by atoms with van der Waals surface area (Å²) in [4.78, 5) is 17.5. The second-order valence-corrected chi connectivity index (χ2v) is 6.53. The third-order valence-corrected chi connectivity index (χ3v) is 4.44. The van der Waals surface area contributed by atoms with Crippen molar-refractivity contribution in [2.75, 3.05) is 28.4 Å².